The van der Waals surface area contributed by atoms with Crippen LogP contribution < -0.4 is 5.73 Å². The molecule has 0 radical (unpaired) electrons. The summed E-state index contributed by atoms with van der Waals surface area (Å²) in [5, 5.41) is 0. The minimum atomic E-state index is 0.631. The van der Waals surface area contributed by atoms with Crippen molar-refractivity contribution in [1.29, 1.82) is 0 Å². The number of nitrogens with two attached hydrogens (primary N) is 1. The normalized spacial score (nSPS) is 10.7. The zero-order valence-electron chi connectivity index (χ0n) is 11.6. The first-order valence-electron chi connectivity index (χ1n) is 5.78. The van der Waals surface area contributed by atoms with E-state index in [9.17, 15) is 0 Å². The summed E-state index contributed by atoms with van der Waals surface area (Å²) in [7, 11) is 0. The van der Waals surface area contributed by atoms with Crippen LogP contribution in [0.4, 0.5) is 0 Å². The molecule has 0 saturated heterocycles. The highest BCUT2D eigenvalue weighted by molar-refractivity contribution is 5.27. The first kappa shape index (κ1) is 19.7. The lowest BCUT2D eigenvalue weighted by molar-refractivity contribution is 1.11. The van der Waals surface area contributed by atoms with Gasteiger partial charge in [0.05, 0.1) is 0 Å². The van der Waals surface area contributed by atoms with Crippen molar-refractivity contribution in [3.8, 4) is 0 Å². The summed E-state index contributed by atoms with van der Waals surface area (Å²) in [5.41, 5.74) is 8.99. The van der Waals surface area contributed by atoms with Gasteiger partial charge in [-0.3, -0.25) is 0 Å². The quantitative estimate of drug-likeness (QED) is 0.685. The van der Waals surface area contributed by atoms with E-state index in [0.717, 1.165) is 5.57 Å². The van der Waals surface area contributed by atoms with Crippen molar-refractivity contribution in [1.82, 2.24) is 0 Å². The Balaban J connectivity index is -0.000000318. The zero-order chi connectivity index (χ0) is 12.9. The number of rotatable bonds is 3. The molecule has 0 aliphatic rings. The molecular weight excluding hydrogens is 182 g/mol. The molecule has 1 heteroatoms. The predicted molar refractivity (Wildman–Crippen MR) is 74.1 cm³/mol. The average molecular weight is 211 g/mol. The van der Waals surface area contributed by atoms with Gasteiger partial charge in [-0.25, -0.2) is 0 Å². The molecule has 0 aliphatic carbocycles. The molecule has 0 spiro atoms. The molecule has 0 aliphatic heterocycles. The lowest BCUT2D eigenvalue weighted by atomic mass is 10.1. The second kappa shape index (κ2) is 15.6. The molecule has 0 rings (SSSR count). The third-order valence-corrected chi connectivity index (χ3v) is 1.60. The third kappa shape index (κ3) is 15.9. The molecule has 0 unspecified atom stereocenters. The Kier molecular flexibility index (Phi) is 20.6. The van der Waals surface area contributed by atoms with Crippen molar-refractivity contribution in [2.75, 3.05) is 6.54 Å². The summed E-state index contributed by atoms with van der Waals surface area (Å²) in [4.78, 5) is 0. The topological polar surface area (TPSA) is 26.0 Å². The van der Waals surface area contributed by atoms with Crippen LogP contribution in [0.2, 0.25) is 0 Å². The van der Waals surface area contributed by atoms with Gasteiger partial charge < -0.3 is 5.73 Å². The Morgan fingerprint density at radius 2 is 1.40 bits per heavy atom. The first-order chi connectivity index (χ1) is 7.07. The summed E-state index contributed by atoms with van der Waals surface area (Å²) in [6.07, 6.45) is 4.04. The minimum Gasteiger partial charge on any atom is -0.327 e. The van der Waals surface area contributed by atoms with Gasteiger partial charge in [0.25, 0.3) is 0 Å². The van der Waals surface area contributed by atoms with Crippen LogP contribution in [0.3, 0.4) is 0 Å². The van der Waals surface area contributed by atoms with Crippen molar-refractivity contribution >= 4 is 0 Å². The Morgan fingerprint density at radius 3 is 1.67 bits per heavy atom. The fourth-order valence-electron chi connectivity index (χ4n) is 0.571. The van der Waals surface area contributed by atoms with E-state index >= 15 is 0 Å². The number of hydrogen-bond acceptors (Lipinski definition) is 1. The summed E-state index contributed by atoms with van der Waals surface area (Å²) in [6, 6.07) is 0. The van der Waals surface area contributed by atoms with Crippen molar-refractivity contribution in [3.63, 3.8) is 0 Å². The van der Waals surface area contributed by atoms with Crippen LogP contribution >= 0.6 is 0 Å². The van der Waals surface area contributed by atoms with Crippen LogP contribution in [0.15, 0.2) is 35.5 Å². The molecule has 0 amide bonds. The van der Waals surface area contributed by atoms with E-state index in [1.54, 1.807) is 0 Å². The summed E-state index contributed by atoms with van der Waals surface area (Å²) in [6.45, 7) is 18.5. The molecule has 0 fully saturated rings. The monoisotopic (exact) mass is 211 g/mol. The fraction of sp³-hybridized carbons (Fsp3) is 0.571. The molecule has 0 bridgehead atoms. The van der Waals surface area contributed by atoms with E-state index in [2.05, 4.69) is 13.5 Å². The third-order valence-electron chi connectivity index (χ3n) is 1.60. The number of allylic oxidation sites excluding steroid dienone is 4. The molecule has 0 saturated carbocycles. The second-order valence-corrected chi connectivity index (χ2v) is 2.85. The lowest BCUT2D eigenvalue weighted by Gasteiger charge is -1.98. The van der Waals surface area contributed by atoms with Crippen molar-refractivity contribution in [3.05, 3.63) is 35.5 Å². The molecule has 90 valence electrons. The summed E-state index contributed by atoms with van der Waals surface area (Å²) < 4.78 is 0. The fourth-order valence-corrected chi connectivity index (χ4v) is 0.571. The maximum atomic E-state index is 5.47. The van der Waals surface area contributed by atoms with Gasteiger partial charge >= 0.3 is 0 Å². The van der Waals surface area contributed by atoms with Gasteiger partial charge in [-0.05, 0) is 20.8 Å². The smallest absolute Gasteiger partial charge is 0.0139 e. The number of hydrogen-bond donors (Lipinski definition) is 1. The van der Waals surface area contributed by atoms with Gasteiger partial charge in [0, 0.05) is 6.54 Å². The molecule has 0 aromatic heterocycles. The van der Waals surface area contributed by atoms with E-state index in [4.69, 9.17) is 5.73 Å². The first-order valence-corrected chi connectivity index (χ1v) is 5.78. The Labute approximate surface area is 96.8 Å². The Bertz CT molecular complexity index is 197. The summed E-state index contributed by atoms with van der Waals surface area (Å²) >= 11 is 0. The van der Waals surface area contributed by atoms with Crippen LogP contribution in [0.25, 0.3) is 0 Å². The van der Waals surface area contributed by atoms with E-state index < -0.39 is 0 Å². The summed E-state index contributed by atoms with van der Waals surface area (Å²) in [5.74, 6) is 0. The SMILES string of the molecule is C=C(C)/C=C\C(C)=C(/C)CN.CC.CC. The van der Waals surface area contributed by atoms with Crippen molar-refractivity contribution in [2.24, 2.45) is 5.73 Å². The molecule has 0 heterocycles. The standard InChI is InChI=1S/C10H17N.2C2H6/c1-8(2)5-6-9(3)10(4)7-11;2*1-2/h5-6H,1,7,11H2,2-4H3;2*1-2H3/b6-5-,10-9+;;. The van der Waals surface area contributed by atoms with E-state index in [1.807, 2.05) is 53.7 Å². The van der Waals surface area contributed by atoms with Gasteiger partial charge in [0.15, 0.2) is 0 Å². The minimum absolute atomic E-state index is 0.631. The zero-order valence-corrected chi connectivity index (χ0v) is 11.6. The maximum Gasteiger partial charge on any atom is 0.0139 e. The Hall–Kier alpha value is -0.820. The highest BCUT2D eigenvalue weighted by atomic mass is 14.5. The largest absolute Gasteiger partial charge is 0.327 e. The molecule has 0 atom stereocenters. The molecule has 1 nitrogen and oxygen atoms in total. The van der Waals surface area contributed by atoms with Gasteiger partial charge in [-0.1, -0.05) is 63.1 Å². The predicted octanol–water partition coefficient (Wildman–Crippen LogP) is 4.47. The average Bonchev–Trinajstić information content (AvgIpc) is 2.30. The van der Waals surface area contributed by atoms with Crippen LogP contribution in [-0.2, 0) is 0 Å². The van der Waals surface area contributed by atoms with E-state index in [-0.39, 0.29) is 0 Å². The van der Waals surface area contributed by atoms with Gasteiger partial charge in [0.1, 0.15) is 0 Å². The van der Waals surface area contributed by atoms with Crippen LogP contribution in [0.5, 0.6) is 0 Å². The molecule has 0 aromatic rings. The van der Waals surface area contributed by atoms with Crippen molar-refractivity contribution < 1.29 is 0 Å². The van der Waals surface area contributed by atoms with E-state index in [0.29, 0.717) is 6.54 Å². The maximum absolute atomic E-state index is 5.47. The van der Waals surface area contributed by atoms with Gasteiger partial charge in [-0.2, -0.15) is 0 Å². The highest BCUT2D eigenvalue weighted by Crippen LogP contribution is 2.04. The molecule has 15 heavy (non-hydrogen) atoms. The molecular formula is C14H29N. The van der Waals surface area contributed by atoms with Crippen LogP contribution in [0, 0.1) is 0 Å². The van der Waals surface area contributed by atoms with Crippen LogP contribution in [-0.4, -0.2) is 6.54 Å². The van der Waals surface area contributed by atoms with Crippen molar-refractivity contribution in [2.45, 2.75) is 48.5 Å². The molecule has 0 aromatic carbocycles. The second-order valence-electron chi connectivity index (χ2n) is 2.85. The lowest BCUT2D eigenvalue weighted by Crippen LogP contribution is -2.01. The van der Waals surface area contributed by atoms with Gasteiger partial charge in [-0.15, -0.1) is 0 Å². The molecule has 2 N–H and O–H groups in total. The van der Waals surface area contributed by atoms with Gasteiger partial charge in [0.2, 0.25) is 0 Å². The highest BCUT2D eigenvalue weighted by Gasteiger charge is 1.88. The van der Waals surface area contributed by atoms with E-state index in [1.165, 1.54) is 11.1 Å². The van der Waals surface area contributed by atoms with Crippen LogP contribution in [0.1, 0.15) is 48.5 Å². The Morgan fingerprint density at radius 1 is 1.00 bits per heavy atom.